The van der Waals surface area contributed by atoms with Gasteiger partial charge in [-0.3, -0.25) is 0 Å². The minimum absolute atomic E-state index is 0.105. The summed E-state index contributed by atoms with van der Waals surface area (Å²) in [6.07, 6.45) is -5.60. The molecule has 1 aromatic heterocycles. The summed E-state index contributed by atoms with van der Waals surface area (Å²) in [5, 5.41) is 0.675. The van der Waals surface area contributed by atoms with Crippen molar-refractivity contribution in [2.75, 3.05) is 0 Å². The van der Waals surface area contributed by atoms with Crippen LogP contribution in [0.3, 0.4) is 0 Å². The maximum Gasteiger partial charge on any atom is 0.406 e. The summed E-state index contributed by atoms with van der Waals surface area (Å²) in [6.45, 7) is 5.05. The van der Waals surface area contributed by atoms with Crippen molar-refractivity contribution in [3.63, 3.8) is 0 Å². The van der Waals surface area contributed by atoms with Crippen molar-refractivity contribution < 1.29 is 17.6 Å². The molecule has 0 aliphatic carbocycles. The fourth-order valence-electron chi connectivity index (χ4n) is 4.17. The number of aryl methyl sites for hydroxylation is 1. The van der Waals surface area contributed by atoms with Crippen LogP contribution in [0.15, 0.2) is 48.5 Å². The van der Waals surface area contributed by atoms with Crippen LogP contribution < -0.4 is 5.73 Å². The highest BCUT2D eigenvalue weighted by Crippen LogP contribution is 2.43. The Morgan fingerprint density at radius 2 is 1.70 bits per heavy atom. The second-order valence-electron chi connectivity index (χ2n) is 8.47. The third-order valence-corrected chi connectivity index (χ3v) is 5.72. The number of aromatic nitrogens is 1. The molecule has 0 aliphatic rings. The summed E-state index contributed by atoms with van der Waals surface area (Å²) in [5.41, 5.74) is 4.59. The molecule has 3 rings (SSSR count). The number of hydrogen-bond donors (Lipinski definition) is 1. The number of alkyl halides is 3. The van der Waals surface area contributed by atoms with E-state index in [9.17, 15) is 17.6 Å². The smallest absolute Gasteiger partial charge is 0.317 e. The van der Waals surface area contributed by atoms with E-state index in [2.05, 4.69) is 4.98 Å². The van der Waals surface area contributed by atoms with Gasteiger partial charge in [0.15, 0.2) is 0 Å². The van der Waals surface area contributed by atoms with E-state index in [1.54, 1.807) is 51.1 Å². The fourth-order valence-corrected chi connectivity index (χ4v) is 4.39. The largest absolute Gasteiger partial charge is 0.406 e. The maximum atomic E-state index is 14.3. The van der Waals surface area contributed by atoms with Gasteiger partial charge >= 0.3 is 6.18 Å². The lowest BCUT2D eigenvalue weighted by atomic mass is 9.70. The van der Waals surface area contributed by atoms with Crippen molar-refractivity contribution in [2.45, 2.75) is 50.7 Å². The molecule has 0 amide bonds. The van der Waals surface area contributed by atoms with Crippen LogP contribution in [0.5, 0.6) is 0 Å². The molecule has 1 atom stereocenters. The quantitative estimate of drug-likeness (QED) is 0.364. The van der Waals surface area contributed by atoms with E-state index < -0.39 is 35.8 Å². The Hall–Kier alpha value is -2.18. The van der Waals surface area contributed by atoms with Gasteiger partial charge in [-0.1, -0.05) is 49.7 Å². The van der Waals surface area contributed by atoms with Gasteiger partial charge in [0.1, 0.15) is 16.5 Å². The van der Waals surface area contributed by atoms with Gasteiger partial charge in [0.25, 0.3) is 0 Å². The van der Waals surface area contributed by atoms with Gasteiger partial charge in [0, 0.05) is 11.8 Å². The van der Waals surface area contributed by atoms with Gasteiger partial charge in [-0.25, -0.2) is 9.37 Å². The molecule has 0 fully saturated rings. The van der Waals surface area contributed by atoms with Crippen molar-refractivity contribution in [1.82, 2.24) is 4.98 Å². The van der Waals surface area contributed by atoms with Gasteiger partial charge in [0.2, 0.25) is 0 Å². The monoisotopic (exact) mass is 438 g/mol. The first-order valence-corrected chi connectivity index (χ1v) is 9.87. The second kappa shape index (κ2) is 7.82. The van der Waals surface area contributed by atoms with Gasteiger partial charge < -0.3 is 5.73 Å². The highest BCUT2D eigenvalue weighted by molar-refractivity contribution is 6.29. The summed E-state index contributed by atoms with van der Waals surface area (Å²) in [6, 6.07) is 12.4. The number of halogens is 5. The summed E-state index contributed by atoms with van der Waals surface area (Å²) in [7, 11) is 0. The van der Waals surface area contributed by atoms with E-state index >= 15 is 0 Å². The van der Waals surface area contributed by atoms with E-state index in [0.717, 1.165) is 0 Å². The maximum absolute atomic E-state index is 14.3. The fraction of sp³-hybridized carbons (Fsp3) is 0.348. The summed E-state index contributed by atoms with van der Waals surface area (Å²) < 4.78 is 56.6. The Morgan fingerprint density at radius 1 is 1.03 bits per heavy atom. The minimum Gasteiger partial charge on any atom is -0.317 e. The molecule has 2 nitrogen and oxygen atoms in total. The minimum atomic E-state index is -4.69. The van der Waals surface area contributed by atoms with Crippen molar-refractivity contribution in [2.24, 2.45) is 5.73 Å². The topological polar surface area (TPSA) is 38.9 Å². The Labute approximate surface area is 178 Å². The average molecular weight is 439 g/mol. The van der Waals surface area contributed by atoms with Crippen LogP contribution in [0.25, 0.3) is 10.9 Å². The Balaban J connectivity index is 2.07. The lowest BCUT2D eigenvalue weighted by Crippen LogP contribution is -2.58. The second-order valence-corrected chi connectivity index (χ2v) is 8.86. The third kappa shape index (κ3) is 4.44. The van der Waals surface area contributed by atoms with Crippen LogP contribution in [0.1, 0.15) is 37.0 Å². The zero-order valence-corrected chi connectivity index (χ0v) is 17.7. The van der Waals surface area contributed by atoms with Gasteiger partial charge in [-0.2, -0.15) is 13.2 Å². The van der Waals surface area contributed by atoms with Crippen LogP contribution in [-0.4, -0.2) is 16.7 Å². The number of fused-ring (bicyclic) bond motifs is 1. The van der Waals surface area contributed by atoms with Gasteiger partial charge in [-0.15, -0.1) is 0 Å². The average Bonchev–Trinajstić information content (AvgIpc) is 2.62. The van der Waals surface area contributed by atoms with E-state index in [-0.39, 0.29) is 5.15 Å². The van der Waals surface area contributed by atoms with Crippen LogP contribution in [0, 0.1) is 12.7 Å². The Morgan fingerprint density at radius 3 is 2.37 bits per heavy atom. The molecule has 0 aliphatic heterocycles. The summed E-state index contributed by atoms with van der Waals surface area (Å²) in [5.74, 6) is -0.495. The molecule has 0 saturated carbocycles. The lowest BCUT2D eigenvalue weighted by Gasteiger charge is -2.40. The van der Waals surface area contributed by atoms with E-state index in [4.69, 9.17) is 17.3 Å². The molecule has 2 aromatic carbocycles. The number of hydrogen-bond acceptors (Lipinski definition) is 2. The van der Waals surface area contributed by atoms with E-state index in [1.165, 1.54) is 18.2 Å². The summed E-state index contributed by atoms with van der Waals surface area (Å²) >= 11 is 6.06. The molecule has 160 valence electrons. The molecule has 0 bridgehead atoms. The van der Waals surface area contributed by atoms with Crippen LogP contribution in [0.4, 0.5) is 17.6 Å². The molecule has 0 spiro atoms. The molecule has 2 N–H and O–H groups in total. The first-order chi connectivity index (χ1) is 13.8. The molecule has 0 radical (unpaired) electrons. The number of pyridine rings is 1. The third-order valence-electron chi connectivity index (χ3n) is 5.53. The standard InChI is InChI=1S/C23H23ClF4N2/c1-14-8-9-16(25)11-18(14)21(2,3)13-22(29,23(26,27)28)12-15-10-20(24)30-19-7-5-4-6-17(15)19/h4-11H,12-13,29H2,1-3H3. The van der Waals surface area contributed by atoms with Crippen molar-refractivity contribution >= 4 is 22.5 Å². The predicted octanol–water partition coefficient (Wildman–Crippen LogP) is 6.51. The molecule has 30 heavy (non-hydrogen) atoms. The van der Waals surface area contributed by atoms with Crippen molar-refractivity contribution in [3.05, 3.63) is 76.2 Å². The zero-order valence-electron chi connectivity index (χ0n) is 16.9. The Kier molecular flexibility index (Phi) is 5.87. The molecule has 1 heterocycles. The van der Waals surface area contributed by atoms with Crippen LogP contribution in [0.2, 0.25) is 5.15 Å². The van der Waals surface area contributed by atoms with Crippen molar-refractivity contribution in [3.8, 4) is 0 Å². The van der Waals surface area contributed by atoms with Gasteiger partial charge in [0.05, 0.1) is 5.52 Å². The molecule has 3 aromatic rings. The van der Waals surface area contributed by atoms with Gasteiger partial charge in [-0.05, 0) is 59.7 Å². The summed E-state index contributed by atoms with van der Waals surface area (Å²) in [4.78, 5) is 4.17. The zero-order chi connectivity index (χ0) is 22.3. The molecule has 1 unspecified atom stereocenters. The number of nitrogens with two attached hydrogens (primary N) is 1. The van der Waals surface area contributed by atoms with E-state index in [0.29, 0.717) is 27.6 Å². The highest BCUT2D eigenvalue weighted by Gasteiger charge is 2.54. The predicted molar refractivity (Wildman–Crippen MR) is 112 cm³/mol. The molecular formula is C23H23ClF4N2. The van der Waals surface area contributed by atoms with E-state index in [1.807, 2.05) is 0 Å². The van der Waals surface area contributed by atoms with Crippen LogP contribution >= 0.6 is 11.6 Å². The molecule has 7 heteroatoms. The number of para-hydroxylation sites is 1. The first-order valence-electron chi connectivity index (χ1n) is 9.49. The highest BCUT2D eigenvalue weighted by atomic mass is 35.5. The van der Waals surface area contributed by atoms with Crippen LogP contribution in [-0.2, 0) is 11.8 Å². The lowest BCUT2D eigenvalue weighted by molar-refractivity contribution is -0.191. The molecule has 0 saturated heterocycles. The van der Waals surface area contributed by atoms with Crippen molar-refractivity contribution in [1.29, 1.82) is 0 Å². The Bertz CT molecular complexity index is 1080. The number of nitrogens with zero attached hydrogens (tertiary/aromatic N) is 1. The number of benzene rings is 2. The first kappa shape index (κ1) is 22.5. The normalized spacial score (nSPS) is 14.7. The SMILES string of the molecule is Cc1ccc(F)cc1C(C)(C)CC(N)(Cc1cc(Cl)nc2ccccc12)C(F)(F)F. The number of rotatable bonds is 5. The molecular weight excluding hydrogens is 416 g/mol.